The fourth-order valence-electron chi connectivity index (χ4n) is 3.25. The van der Waals surface area contributed by atoms with E-state index in [0.29, 0.717) is 39.0 Å². The number of ether oxygens (including phenoxy) is 1. The van der Waals surface area contributed by atoms with E-state index in [4.69, 9.17) is 16.3 Å². The molecule has 0 bridgehead atoms. The highest BCUT2D eigenvalue weighted by Gasteiger charge is 2.15. The molecule has 4 aromatic rings. The van der Waals surface area contributed by atoms with Crippen molar-refractivity contribution in [3.05, 3.63) is 70.3 Å². The van der Waals surface area contributed by atoms with Crippen molar-refractivity contribution in [3.63, 3.8) is 0 Å². The highest BCUT2D eigenvalue weighted by molar-refractivity contribution is 7.99. The second-order valence-corrected chi connectivity index (χ2v) is 9.67. The van der Waals surface area contributed by atoms with E-state index in [1.807, 2.05) is 29.0 Å². The van der Waals surface area contributed by atoms with E-state index < -0.39 is 0 Å². The lowest BCUT2D eigenvalue weighted by atomic mass is 10.2. The Morgan fingerprint density at radius 2 is 1.86 bits per heavy atom. The average molecular weight is 543 g/mol. The topological polar surface area (TPSA) is 111 Å². The Morgan fingerprint density at radius 1 is 1.11 bits per heavy atom. The number of hydrogen-bond acceptors (Lipinski definition) is 8. The Bertz CT molecular complexity index is 1340. The molecule has 2 heterocycles. The molecule has 0 spiro atoms. The lowest BCUT2D eigenvalue weighted by Gasteiger charge is -2.09. The molecule has 2 amide bonds. The number of benzene rings is 2. The van der Waals surface area contributed by atoms with E-state index in [0.717, 1.165) is 11.3 Å². The summed E-state index contributed by atoms with van der Waals surface area (Å²) in [6, 6.07) is 14.2. The van der Waals surface area contributed by atoms with Crippen LogP contribution in [-0.2, 0) is 17.9 Å². The van der Waals surface area contributed by atoms with Crippen LogP contribution in [0.2, 0.25) is 5.02 Å². The molecule has 2 aromatic heterocycles. The van der Waals surface area contributed by atoms with Gasteiger partial charge < -0.3 is 19.9 Å². The Labute approximate surface area is 221 Å². The maximum atomic E-state index is 12.5. The number of rotatable bonds is 10. The molecule has 12 heteroatoms. The van der Waals surface area contributed by atoms with Crippen molar-refractivity contribution in [1.29, 1.82) is 0 Å². The molecule has 0 aliphatic heterocycles. The van der Waals surface area contributed by atoms with E-state index in [1.54, 1.807) is 43.5 Å². The van der Waals surface area contributed by atoms with Crippen molar-refractivity contribution < 1.29 is 14.3 Å². The molecular formula is C24H23ClN6O3S2. The van der Waals surface area contributed by atoms with Gasteiger partial charge in [0.2, 0.25) is 5.91 Å². The van der Waals surface area contributed by atoms with Gasteiger partial charge in [0.05, 0.1) is 25.1 Å². The van der Waals surface area contributed by atoms with Crippen molar-refractivity contribution in [2.75, 3.05) is 18.2 Å². The fraction of sp³-hybridized carbons (Fsp3) is 0.208. The normalized spacial score (nSPS) is 10.8. The molecule has 0 radical (unpaired) electrons. The van der Waals surface area contributed by atoms with Gasteiger partial charge in [0.15, 0.2) is 16.1 Å². The molecule has 186 valence electrons. The smallest absolute Gasteiger partial charge is 0.251 e. The minimum absolute atomic E-state index is 0.145. The number of carbonyl (C=O) groups excluding carboxylic acids is 2. The zero-order valence-corrected chi connectivity index (χ0v) is 21.9. The summed E-state index contributed by atoms with van der Waals surface area (Å²) in [6.07, 6.45) is 0. The number of aromatic nitrogens is 4. The first-order valence-electron chi connectivity index (χ1n) is 10.9. The van der Waals surface area contributed by atoms with E-state index in [-0.39, 0.29) is 24.1 Å². The molecule has 0 unspecified atom stereocenters. The maximum Gasteiger partial charge on any atom is 0.251 e. The standard InChI is InChI=1S/C24H23ClN6O3S2/c1-3-31-20(12-26-22(33)16-6-10-18(34-2)11-7-16)29-30-24(31)36-14-21(32)28-23-27-19(13-35-23)15-4-8-17(25)9-5-15/h4-11,13H,3,12,14H2,1-2H3,(H,26,33)(H,27,28,32). The fourth-order valence-corrected chi connectivity index (χ4v) is 4.93. The number of thiazole rings is 1. The summed E-state index contributed by atoms with van der Waals surface area (Å²) in [7, 11) is 1.57. The third-order valence-electron chi connectivity index (χ3n) is 5.09. The highest BCUT2D eigenvalue weighted by atomic mass is 35.5. The molecule has 0 aliphatic rings. The predicted octanol–water partition coefficient (Wildman–Crippen LogP) is 4.74. The summed E-state index contributed by atoms with van der Waals surface area (Å²) in [6.45, 7) is 2.77. The molecule has 0 saturated heterocycles. The average Bonchev–Trinajstić information content (AvgIpc) is 3.53. The number of thioether (sulfide) groups is 1. The van der Waals surface area contributed by atoms with Crippen molar-refractivity contribution >= 4 is 51.6 Å². The first kappa shape index (κ1) is 25.7. The molecule has 4 rings (SSSR count). The van der Waals surface area contributed by atoms with E-state index in [2.05, 4.69) is 25.8 Å². The minimum Gasteiger partial charge on any atom is -0.497 e. The van der Waals surface area contributed by atoms with Crippen LogP contribution in [0.5, 0.6) is 5.75 Å². The first-order valence-corrected chi connectivity index (χ1v) is 13.2. The minimum atomic E-state index is -0.224. The molecule has 36 heavy (non-hydrogen) atoms. The van der Waals surface area contributed by atoms with Gasteiger partial charge in [-0.2, -0.15) is 0 Å². The Balaban J connectivity index is 1.30. The van der Waals surface area contributed by atoms with Crippen LogP contribution >= 0.6 is 34.7 Å². The number of anilines is 1. The molecule has 2 N–H and O–H groups in total. The number of nitrogens with one attached hydrogen (secondary N) is 2. The second-order valence-electron chi connectivity index (χ2n) is 7.44. The number of hydrogen-bond donors (Lipinski definition) is 2. The summed E-state index contributed by atoms with van der Waals surface area (Å²) in [4.78, 5) is 29.4. The molecule has 9 nitrogen and oxygen atoms in total. The predicted molar refractivity (Wildman–Crippen MR) is 142 cm³/mol. The summed E-state index contributed by atoms with van der Waals surface area (Å²) in [5, 5.41) is 17.7. The van der Waals surface area contributed by atoms with Gasteiger partial charge in [-0.3, -0.25) is 9.59 Å². The van der Waals surface area contributed by atoms with Gasteiger partial charge in [-0.15, -0.1) is 21.5 Å². The number of amides is 2. The second kappa shape index (κ2) is 12.0. The van der Waals surface area contributed by atoms with Crippen LogP contribution in [0.3, 0.4) is 0 Å². The Hall–Kier alpha value is -3.41. The first-order chi connectivity index (χ1) is 17.5. The van der Waals surface area contributed by atoms with Crippen LogP contribution in [0.4, 0.5) is 5.13 Å². The monoisotopic (exact) mass is 542 g/mol. The van der Waals surface area contributed by atoms with Crippen LogP contribution < -0.4 is 15.4 Å². The number of halogens is 1. The summed E-state index contributed by atoms with van der Waals surface area (Å²) in [5.74, 6) is 1.01. The van der Waals surface area contributed by atoms with Crippen LogP contribution in [0, 0.1) is 0 Å². The third kappa shape index (κ3) is 6.42. The molecular weight excluding hydrogens is 520 g/mol. The largest absolute Gasteiger partial charge is 0.497 e. The summed E-state index contributed by atoms with van der Waals surface area (Å²) >= 11 is 8.56. The molecule has 0 saturated carbocycles. The van der Waals surface area contributed by atoms with E-state index >= 15 is 0 Å². The lowest BCUT2D eigenvalue weighted by Crippen LogP contribution is -2.24. The van der Waals surface area contributed by atoms with E-state index in [1.165, 1.54) is 23.1 Å². The number of nitrogens with zero attached hydrogens (tertiary/aromatic N) is 4. The highest BCUT2D eigenvalue weighted by Crippen LogP contribution is 2.26. The molecule has 0 atom stereocenters. The van der Waals surface area contributed by atoms with Crippen LogP contribution in [0.1, 0.15) is 23.1 Å². The SMILES string of the molecule is CCn1c(CNC(=O)c2ccc(OC)cc2)nnc1SCC(=O)Nc1nc(-c2ccc(Cl)cc2)cs1. The van der Waals surface area contributed by atoms with Crippen LogP contribution in [-0.4, -0.2) is 44.4 Å². The Morgan fingerprint density at radius 3 is 2.56 bits per heavy atom. The Kier molecular flexibility index (Phi) is 8.57. The van der Waals surface area contributed by atoms with Gasteiger partial charge >= 0.3 is 0 Å². The van der Waals surface area contributed by atoms with Crippen LogP contribution in [0.15, 0.2) is 59.1 Å². The molecule has 2 aromatic carbocycles. The summed E-state index contributed by atoms with van der Waals surface area (Å²) < 4.78 is 6.99. The van der Waals surface area contributed by atoms with Gasteiger partial charge in [-0.25, -0.2) is 4.98 Å². The maximum absolute atomic E-state index is 12.5. The van der Waals surface area contributed by atoms with Gasteiger partial charge in [0.1, 0.15) is 5.75 Å². The van der Waals surface area contributed by atoms with Crippen molar-refractivity contribution in [3.8, 4) is 17.0 Å². The van der Waals surface area contributed by atoms with Crippen molar-refractivity contribution in [2.24, 2.45) is 0 Å². The quantitative estimate of drug-likeness (QED) is 0.278. The molecule has 0 aliphatic carbocycles. The van der Waals surface area contributed by atoms with Gasteiger partial charge in [-0.1, -0.05) is 35.5 Å². The molecule has 0 fully saturated rings. The third-order valence-corrected chi connectivity index (χ3v) is 7.07. The number of methoxy groups -OCH3 is 1. The van der Waals surface area contributed by atoms with Gasteiger partial charge in [0, 0.05) is 28.1 Å². The number of carbonyl (C=O) groups is 2. The van der Waals surface area contributed by atoms with E-state index in [9.17, 15) is 9.59 Å². The summed E-state index contributed by atoms with van der Waals surface area (Å²) in [5.41, 5.74) is 2.21. The van der Waals surface area contributed by atoms with Crippen molar-refractivity contribution in [1.82, 2.24) is 25.1 Å². The van der Waals surface area contributed by atoms with Gasteiger partial charge in [0.25, 0.3) is 5.91 Å². The zero-order chi connectivity index (χ0) is 25.5. The zero-order valence-electron chi connectivity index (χ0n) is 19.5. The van der Waals surface area contributed by atoms with Gasteiger partial charge in [-0.05, 0) is 43.3 Å². The van der Waals surface area contributed by atoms with Crippen LogP contribution in [0.25, 0.3) is 11.3 Å². The lowest BCUT2D eigenvalue weighted by molar-refractivity contribution is -0.113. The van der Waals surface area contributed by atoms with Crippen molar-refractivity contribution in [2.45, 2.75) is 25.2 Å².